The maximum absolute atomic E-state index is 8.77. The van der Waals surface area contributed by atoms with E-state index >= 15 is 0 Å². The van der Waals surface area contributed by atoms with E-state index in [-0.39, 0.29) is 5.69 Å². The summed E-state index contributed by atoms with van der Waals surface area (Å²) >= 11 is 1.12. The summed E-state index contributed by atoms with van der Waals surface area (Å²) in [4.78, 5) is 7.87. The highest BCUT2D eigenvalue weighted by Crippen LogP contribution is 2.25. The molecule has 0 aliphatic rings. The topological polar surface area (TPSA) is 88.5 Å². The molecule has 0 aromatic carbocycles. The summed E-state index contributed by atoms with van der Waals surface area (Å²) in [6.45, 7) is 1.69. The van der Waals surface area contributed by atoms with E-state index in [1.165, 1.54) is 12.4 Å². The van der Waals surface area contributed by atoms with Crippen molar-refractivity contribution in [3.05, 3.63) is 24.0 Å². The summed E-state index contributed by atoms with van der Waals surface area (Å²) in [5, 5.41) is 17.0. The monoisotopic (exact) mass is 219 g/mol. The molecular formula is C8H5N5OS. The SMILES string of the molecule is Cc1nnc(Sc2nccnc2C#N)o1. The Morgan fingerprint density at radius 3 is 2.80 bits per heavy atom. The van der Waals surface area contributed by atoms with Crippen LogP contribution in [0.5, 0.6) is 0 Å². The van der Waals surface area contributed by atoms with Gasteiger partial charge in [-0.15, -0.1) is 10.2 Å². The zero-order valence-corrected chi connectivity index (χ0v) is 8.52. The van der Waals surface area contributed by atoms with Gasteiger partial charge in [-0.1, -0.05) is 0 Å². The third-order valence-electron chi connectivity index (χ3n) is 1.46. The minimum absolute atomic E-state index is 0.248. The molecule has 0 aliphatic heterocycles. The minimum atomic E-state index is 0.248. The minimum Gasteiger partial charge on any atom is -0.416 e. The van der Waals surface area contributed by atoms with Crippen LogP contribution >= 0.6 is 11.8 Å². The molecule has 0 spiro atoms. The molecule has 2 aromatic rings. The van der Waals surface area contributed by atoms with Crippen LogP contribution in [0, 0.1) is 18.3 Å². The summed E-state index contributed by atoms with van der Waals surface area (Å²) in [5.41, 5.74) is 0.248. The Bertz CT molecular complexity index is 518. The number of aromatic nitrogens is 4. The van der Waals surface area contributed by atoms with E-state index in [0.29, 0.717) is 16.1 Å². The Morgan fingerprint density at radius 1 is 1.33 bits per heavy atom. The van der Waals surface area contributed by atoms with Crippen molar-refractivity contribution in [2.75, 3.05) is 0 Å². The second kappa shape index (κ2) is 4.06. The highest BCUT2D eigenvalue weighted by molar-refractivity contribution is 7.99. The van der Waals surface area contributed by atoms with Crippen molar-refractivity contribution in [2.45, 2.75) is 17.2 Å². The lowest BCUT2D eigenvalue weighted by molar-refractivity contribution is 0.429. The zero-order valence-electron chi connectivity index (χ0n) is 7.71. The van der Waals surface area contributed by atoms with Crippen LogP contribution in [-0.2, 0) is 0 Å². The van der Waals surface area contributed by atoms with Gasteiger partial charge < -0.3 is 4.42 Å². The lowest BCUT2D eigenvalue weighted by Gasteiger charge is -1.95. The van der Waals surface area contributed by atoms with Gasteiger partial charge in [0.25, 0.3) is 5.22 Å². The van der Waals surface area contributed by atoms with Gasteiger partial charge in [0.05, 0.1) is 0 Å². The first kappa shape index (κ1) is 9.61. The quantitative estimate of drug-likeness (QED) is 0.749. The van der Waals surface area contributed by atoms with Gasteiger partial charge in [-0.05, 0) is 11.8 Å². The molecular weight excluding hydrogens is 214 g/mol. The summed E-state index contributed by atoms with van der Waals surface area (Å²) in [7, 11) is 0. The van der Waals surface area contributed by atoms with Crippen LogP contribution < -0.4 is 0 Å². The molecule has 2 rings (SSSR count). The molecule has 0 fully saturated rings. The van der Waals surface area contributed by atoms with Gasteiger partial charge in [-0.25, -0.2) is 9.97 Å². The predicted octanol–water partition coefficient (Wildman–Crippen LogP) is 1.19. The molecule has 2 heterocycles. The number of hydrogen-bond donors (Lipinski definition) is 0. The molecule has 0 saturated heterocycles. The Kier molecular flexibility index (Phi) is 2.60. The first-order valence-corrected chi connectivity index (χ1v) is 4.80. The number of rotatable bonds is 2. The summed E-state index contributed by atoms with van der Waals surface area (Å²) in [6.07, 6.45) is 2.97. The van der Waals surface area contributed by atoms with Crippen LogP contribution in [-0.4, -0.2) is 20.2 Å². The van der Waals surface area contributed by atoms with Crippen molar-refractivity contribution >= 4 is 11.8 Å². The molecule has 0 N–H and O–H groups in total. The van der Waals surface area contributed by atoms with E-state index in [0.717, 1.165) is 11.8 Å². The second-order valence-corrected chi connectivity index (χ2v) is 3.45. The predicted molar refractivity (Wildman–Crippen MR) is 49.9 cm³/mol. The van der Waals surface area contributed by atoms with Crippen molar-refractivity contribution in [1.29, 1.82) is 5.26 Å². The Hall–Kier alpha value is -1.94. The van der Waals surface area contributed by atoms with Crippen LogP contribution in [0.25, 0.3) is 0 Å². The molecule has 0 atom stereocenters. The van der Waals surface area contributed by atoms with Crippen molar-refractivity contribution in [3.8, 4) is 6.07 Å². The fourth-order valence-electron chi connectivity index (χ4n) is 0.879. The maximum Gasteiger partial charge on any atom is 0.283 e. The highest BCUT2D eigenvalue weighted by atomic mass is 32.2. The van der Waals surface area contributed by atoms with Crippen LogP contribution in [0.3, 0.4) is 0 Å². The first-order valence-electron chi connectivity index (χ1n) is 3.98. The molecule has 0 radical (unpaired) electrons. The molecule has 7 heteroatoms. The normalized spacial score (nSPS) is 9.87. The van der Waals surface area contributed by atoms with E-state index in [9.17, 15) is 0 Å². The smallest absolute Gasteiger partial charge is 0.283 e. The van der Waals surface area contributed by atoms with E-state index < -0.39 is 0 Å². The number of nitrogens with zero attached hydrogens (tertiary/aromatic N) is 5. The van der Waals surface area contributed by atoms with Gasteiger partial charge in [0.1, 0.15) is 11.1 Å². The van der Waals surface area contributed by atoms with Crippen molar-refractivity contribution in [3.63, 3.8) is 0 Å². The van der Waals surface area contributed by atoms with Gasteiger partial charge in [0.2, 0.25) is 5.89 Å². The number of nitriles is 1. The standard InChI is InChI=1S/C8H5N5OS/c1-5-12-13-8(14-5)15-7-6(4-9)10-2-3-11-7/h2-3H,1H3. The van der Waals surface area contributed by atoms with Crippen LogP contribution in [0.1, 0.15) is 11.6 Å². The Balaban J connectivity index is 2.28. The molecule has 0 saturated carbocycles. The molecule has 15 heavy (non-hydrogen) atoms. The molecule has 74 valence electrons. The lowest BCUT2D eigenvalue weighted by atomic mass is 10.5. The van der Waals surface area contributed by atoms with Crippen molar-refractivity contribution < 1.29 is 4.42 Å². The third-order valence-corrected chi connectivity index (χ3v) is 2.29. The molecule has 0 aliphatic carbocycles. The van der Waals surface area contributed by atoms with E-state index in [4.69, 9.17) is 9.68 Å². The van der Waals surface area contributed by atoms with Gasteiger partial charge in [0, 0.05) is 19.3 Å². The van der Waals surface area contributed by atoms with Crippen molar-refractivity contribution in [1.82, 2.24) is 20.2 Å². The second-order valence-electron chi connectivity index (χ2n) is 2.51. The summed E-state index contributed by atoms with van der Waals surface area (Å²) in [6, 6.07) is 1.94. The van der Waals surface area contributed by atoms with E-state index in [2.05, 4.69) is 20.2 Å². The molecule has 0 amide bonds. The summed E-state index contributed by atoms with van der Waals surface area (Å²) < 4.78 is 5.15. The van der Waals surface area contributed by atoms with Gasteiger partial charge in [-0.2, -0.15) is 5.26 Å². The Labute approximate surface area is 89.4 Å². The van der Waals surface area contributed by atoms with Crippen LogP contribution in [0.4, 0.5) is 0 Å². The van der Waals surface area contributed by atoms with Crippen molar-refractivity contribution in [2.24, 2.45) is 0 Å². The lowest BCUT2D eigenvalue weighted by Crippen LogP contribution is -1.89. The third kappa shape index (κ3) is 2.11. The largest absolute Gasteiger partial charge is 0.416 e. The average molecular weight is 219 g/mol. The fraction of sp³-hybridized carbons (Fsp3) is 0.125. The highest BCUT2D eigenvalue weighted by Gasteiger charge is 2.10. The van der Waals surface area contributed by atoms with E-state index in [1.807, 2.05) is 6.07 Å². The first-order chi connectivity index (χ1) is 7.29. The number of hydrogen-bond acceptors (Lipinski definition) is 7. The van der Waals surface area contributed by atoms with Gasteiger partial charge >= 0.3 is 0 Å². The zero-order chi connectivity index (χ0) is 10.7. The fourth-order valence-corrected chi connectivity index (χ4v) is 1.60. The maximum atomic E-state index is 8.77. The summed E-state index contributed by atoms with van der Waals surface area (Å²) in [5.74, 6) is 0.472. The average Bonchev–Trinajstić information content (AvgIpc) is 2.65. The van der Waals surface area contributed by atoms with Crippen LogP contribution in [0.15, 0.2) is 27.1 Å². The molecule has 0 bridgehead atoms. The van der Waals surface area contributed by atoms with Gasteiger partial charge in [-0.3, -0.25) is 0 Å². The number of aryl methyl sites for hydroxylation is 1. The molecule has 6 nitrogen and oxygen atoms in total. The van der Waals surface area contributed by atoms with Gasteiger partial charge in [0.15, 0.2) is 5.69 Å². The van der Waals surface area contributed by atoms with E-state index in [1.54, 1.807) is 6.92 Å². The Morgan fingerprint density at radius 2 is 2.13 bits per heavy atom. The van der Waals surface area contributed by atoms with Crippen LogP contribution in [0.2, 0.25) is 0 Å². The molecule has 2 aromatic heterocycles. The molecule has 0 unspecified atom stereocenters.